The maximum Gasteiger partial charge on any atom is 0.146 e. The van der Waals surface area contributed by atoms with E-state index in [0.29, 0.717) is 5.76 Å². The number of rotatable bonds is 2. The predicted molar refractivity (Wildman–Crippen MR) is 84.7 cm³/mol. The van der Waals surface area contributed by atoms with Gasteiger partial charge in [-0.25, -0.2) is 0 Å². The van der Waals surface area contributed by atoms with Crippen molar-refractivity contribution < 1.29 is 9.52 Å². The van der Waals surface area contributed by atoms with E-state index in [0.717, 1.165) is 24.1 Å². The van der Waals surface area contributed by atoms with Crippen molar-refractivity contribution in [3.63, 3.8) is 0 Å². The van der Waals surface area contributed by atoms with Crippen LogP contribution in [0.3, 0.4) is 0 Å². The van der Waals surface area contributed by atoms with Gasteiger partial charge in [0.1, 0.15) is 17.4 Å². The molecule has 19 heavy (non-hydrogen) atoms. The summed E-state index contributed by atoms with van der Waals surface area (Å²) in [6, 6.07) is 9.78. The molecule has 1 aromatic carbocycles. The van der Waals surface area contributed by atoms with Gasteiger partial charge in [-0.1, -0.05) is 11.6 Å². The van der Waals surface area contributed by atoms with E-state index >= 15 is 0 Å². The van der Waals surface area contributed by atoms with Gasteiger partial charge < -0.3 is 9.52 Å². The van der Waals surface area contributed by atoms with Crippen molar-refractivity contribution in [2.24, 2.45) is 0 Å². The summed E-state index contributed by atoms with van der Waals surface area (Å²) in [5.41, 5.74) is 1.98. The second-order valence-corrected chi connectivity index (χ2v) is 7.62. The summed E-state index contributed by atoms with van der Waals surface area (Å²) in [5.74, 6) is 0.571. The monoisotopic (exact) mass is 400 g/mol. The standard InChI is InChI=1S/C14H10Br2O2S/c1-7-2-3-10-8(4-7)5-11(18-10)13(17)12-6-9(15)14(16)19-12/h2-6,13,17H,1H3. The third-order valence-corrected chi connectivity index (χ3v) is 6.20. The van der Waals surface area contributed by atoms with Crippen molar-refractivity contribution in [3.05, 3.63) is 54.8 Å². The molecule has 2 aromatic heterocycles. The molecule has 0 saturated carbocycles. The topological polar surface area (TPSA) is 33.4 Å². The zero-order valence-electron chi connectivity index (χ0n) is 9.98. The first-order chi connectivity index (χ1) is 9.04. The number of hydrogen-bond acceptors (Lipinski definition) is 3. The average Bonchev–Trinajstić information content (AvgIpc) is 2.92. The summed E-state index contributed by atoms with van der Waals surface area (Å²) < 4.78 is 7.62. The van der Waals surface area contributed by atoms with Gasteiger partial charge in [0.05, 0.1) is 3.79 Å². The Hall–Kier alpha value is -0.620. The first-order valence-corrected chi connectivity index (χ1v) is 8.08. The number of aliphatic hydroxyl groups is 1. The van der Waals surface area contributed by atoms with Gasteiger partial charge in [0.2, 0.25) is 0 Å². The van der Waals surface area contributed by atoms with E-state index in [4.69, 9.17) is 4.42 Å². The van der Waals surface area contributed by atoms with Crippen molar-refractivity contribution in [3.8, 4) is 0 Å². The van der Waals surface area contributed by atoms with E-state index < -0.39 is 6.10 Å². The zero-order chi connectivity index (χ0) is 13.6. The lowest BCUT2D eigenvalue weighted by Crippen LogP contribution is -1.93. The number of aryl methyl sites for hydroxylation is 1. The molecular formula is C14H10Br2O2S. The molecule has 0 aliphatic rings. The molecule has 1 atom stereocenters. The fourth-order valence-corrected chi connectivity index (χ4v) is 4.04. The van der Waals surface area contributed by atoms with Gasteiger partial charge in [-0.05, 0) is 63.0 Å². The Morgan fingerprint density at radius 2 is 2.00 bits per heavy atom. The highest BCUT2D eigenvalue weighted by molar-refractivity contribution is 9.13. The fraction of sp³-hybridized carbons (Fsp3) is 0.143. The quantitative estimate of drug-likeness (QED) is 0.622. The minimum Gasteiger partial charge on any atom is -0.458 e. The van der Waals surface area contributed by atoms with Gasteiger partial charge in [-0.3, -0.25) is 0 Å². The van der Waals surface area contributed by atoms with Crippen LogP contribution in [-0.2, 0) is 0 Å². The fourth-order valence-electron chi connectivity index (χ4n) is 1.96. The highest BCUT2D eigenvalue weighted by Gasteiger charge is 2.19. The third kappa shape index (κ3) is 2.52. The van der Waals surface area contributed by atoms with Crippen LogP contribution in [0.5, 0.6) is 0 Å². The number of halogens is 2. The molecule has 0 saturated heterocycles. The van der Waals surface area contributed by atoms with Crippen molar-refractivity contribution in [1.82, 2.24) is 0 Å². The molecule has 0 amide bonds. The Bertz CT molecular complexity index is 726. The molecule has 2 heterocycles. The van der Waals surface area contributed by atoms with Crippen molar-refractivity contribution in [2.45, 2.75) is 13.0 Å². The Morgan fingerprint density at radius 3 is 2.68 bits per heavy atom. The summed E-state index contributed by atoms with van der Waals surface area (Å²) in [4.78, 5) is 0.842. The van der Waals surface area contributed by atoms with Gasteiger partial charge in [0.15, 0.2) is 0 Å². The minimum absolute atomic E-state index is 0.571. The molecule has 0 fully saturated rings. The first kappa shape index (κ1) is 13.4. The number of aliphatic hydroxyl groups excluding tert-OH is 1. The molecule has 3 rings (SSSR count). The van der Waals surface area contributed by atoms with Gasteiger partial charge >= 0.3 is 0 Å². The number of benzene rings is 1. The average molecular weight is 402 g/mol. The summed E-state index contributed by atoms with van der Waals surface area (Å²) in [6.07, 6.45) is -0.736. The highest BCUT2D eigenvalue weighted by Crippen LogP contribution is 2.38. The summed E-state index contributed by atoms with van der Waals surface area (Å²) in [7, 11) is 0. The molecule has 1 unspecified atom stereocenters. The van der Waals surface area contributed by atoms with Crippen LogP contribution in [-0.4, -0.2) is 5.11 Å². The maximum atomic E-state index is 10.4. The lowest BCUT2D eigenvalue weighted by atomic mass is 10.1. The van der Waals surface area contributed by atoms with Gasteiger partial charge in [0, 0.05) is 14.7 Å². The first-order valence-electron chi connectivity index (χ1n) is 5.67. The Balaban J connectivity index is 2.03. The highest BCUT2D eigenvalue weighted by atomic mass is 79.9. The van der Waals surface area contributed by atoms with Crippen molar-refractivity contribution in [2.75, 3.05) is 0 Å². The molecule has 0 aliphatic carbocycles. The lowest BCUT2D eigenvalue weighted by molar-refractivity contribution is 0.196. The molecule has 0 radical (unpaired) electrons. The van der Waals surface area contributed by atoms with Crippen molar-refractivity contribution >= 4 is 54.2 Å². The van der Waals surface area contributed by atoms with E-state index in [1.165, 1.54) is 16.9 Å². The van der Waals surface area contributed by atoms with E-state index in [2.05, 4.69) is 37.9 Å². The van der Waals surface area contributed by atoms with E-state index in [9.17, 15) is 5.11 Å². The predicted octanol–water partition coefficient (Wildman–Crippen LogP) is 5.41. The number of furan rings is 1. The SMILES string of the molecule is Cc1ccc2oc(C(O)c3cc(Br)c(Br)s3)cc2c1. The molecule has 2 nitrogen and oxygen atoms in total. The Kier molecular flexibility index (Phi) is 3.55. The molecular weight excluding hydrogens is 392 g/mol. The minimum atomic E-state index is -0.736. The van der Waals surface area contributed by atoms with Crippen LogP contribution in [0.15, 0.2) is 43.0 Å². The van der Waals surface area contributed by atoms with Crippen LogP contribution >= 0.6 is 43.2 Å². The summed E-state index contributed by atoms with van der Waals surface area (Å²) in [5, 5.41) is 11.4. The molecule has 0 aliphatic heterocycles. The second kappa shape index (κ2) is 5.05. The molecule has 5 heteroatoms. The van der Waals surface area contributed by atoms with Gasteiger partial charge in [-0.15, -0.1) is 11.3 Å². The number of fused-ring (bicyclic) bond motifs is 1. The van der Waals surface area contributed by atoms with Crippen LogP contribution in [0.1, 0.15) is 22.3 Å². The van der Waals surface area contributed by atoms with Gasteiger partial charge in [0.25, 0.3) is 0 Å². The molecule has 3 aromatic rings. The van der Waals surface area contributed by atoms with E-state index in [1.54, 1.807) is 0 Å². The second-order valence-electron chi connectivity index (χ2n) is 4.36. The van der Waals surface area contributed by atoms with Gasteiger partial charge in [-0.2, -0.15) is 0 Å². The Morgan fingerprint density at radius 1 is 1.21 bits per heavy atom. The molecule has 0 spiro atoms. The van der Waals surface area contributed by atoms with Crippen LogP contribution < -0.4 is 0 Å². The van der Waals surface area contributed by atoms with Crippen LogP contribution in [0.2, 0.25) is 0 Å². The maximum absolute atomic E-state index is 10.4. The number of hydrogen-bond donors (Lipinski definition) is 1. The smallest absolute Gasteiger partial charge is 0.146 e. The summed E-state index contributed by atoms with van der Waals surface area (Å²) >= 11 is 8.34. The van der Waals surface area contributed by atoms with E-state index in [-0.39, 0.29) is 0 Å². The molecule has 98 valence electrons. The molecule has 1 N–H and O–H groups in total. The van der Waals surface area contributed by atoms with E-state index in [1.807, 2.05) is 31.2 Å². The summed E-state index contributed by atoms with van der Waals surface area (Å²) in [6.45, 7) is 2.04. The largest absolute Gasteiger partial charge is 0.458 e. The number of thiophene rings is 1. The van der Waals surface area contributed by atoms with Crippen LogP contribution in [0.25, 0.3) is 11.0 Å². The van der Waals surface area contributed by atoms with Crippen molar-refractivity contribution in [1.29, 1.82) is 0 Å². The Labute approximate surface area is 131 Å². The van der Waals surface area contributed by atoms with Crippen LogP contribution in [0.4, 0.5) is 0 Å². The molecule has 0 bridgehead atoms. The van der Waals surface area contributed by atoms with Crippen LogP contribution in [0, 0.1) is 6.92 Å². The third-order valence-electron chi connectivity index (χ3n) is 2.89. The zero-order valence-corrected chi connectivity index (χ0v) is 14.0. The lowest BCUT2D eigenvalue weighted by Gasteiger charge is -2.03. The normalized spacial score (nSPS) is 13.1.